The number of hydrogen-bond acceptors (Lipinski definition) is 5. The third-order valence-corrected chi connectivity index (χ3v) is 4.60. The molecule has 1 aromatic heterocycles. The molecule has 1 atom stereocenters. The van der Waals surface area contributed by atoms with Crippen LogP contribution in [0.15, 0.2) is 0 Å². The van der Waals surface area contributed by atoms with Gasteiger partial charge in [0, 0.05) is 24.2 Å². The highest BCUT2D eigenvalue weighted by Crippen LogP contribution is 2.40. The topological polar surface area (TPSA) is 47.0 Å². The molecule has 94 valence electrons. The van der Waals surface area contributed by atoms with Crippen LogP contribution in [0.25, 0.3) is 0 Å². The zero-order valence-electron chi connectivity index (χ0n) is 10.2. The first kappa shape index (κ1) is 11.4. The van der Waals surface area contributed by atoms with Crippen LogP contribution in [-0.4, -0.2) is 27.6 Å². The lowest BCUT2D eigenvalue weighted by Crippen LogP contribution is -2.42. The van der Waals surface area contributed by atoms with Gasteiger partial charge in [-0.25, -0.2) is 4.98 Å². The summed E-state index contributed by atoms with van der Waals surface area (Å²) < 4.78 is 10.2. The number of nitrogens with one attached hydrogen (secondary N) is 1. The molecule has 5 heteroatoms. The monoisotopic (exact) mass is 253 g/mol. The van der Waals surface area contributed by atoms with E-state index in [4.69, 9.17) is 4.74 Å². The Morgan fingerprint density at radius 2 is 2.24 bits per heavy atom. The molecule has 1 aliphatic carbocycles. The Hall–Kier alpha value is -0.680. The largest absolute Gasteiger partial charge is 0.375 e. The van der Waals surface area contributed by atoms with Crippen molar-refractivity contribution >= 4 is 16.7 Å². The molecule has 0 aromatic carbocycles. The Bertz CT molecular complexity index is 387. The van der Waals surface area contributed by atoms with Gasteiger partial charge in [0.05, 0.1) is 5.60 Å². The molecule has 0 bridgehead atoms. The van der Waals surface area contributed by atoms with E-state index in [9.17, 15) is 0 Å². The van der Waals surface area contributed by atoms with E-state index in [1.54, 1.807) is 0 Å². The predicted octanol–water partition coefficient (Wildman–Crippen LogP) is 2.75. The van der Waals surface area contributed by atoms with Crippen molar-refractivity contribution in [3.8, 4) is 0 Å². The van der Waals surface area contributed by atoms with Crippen molar-refractivity contribution in [3.05, 3.63) is 5.82 Å². The summed E-state index contributed by atoms with van der Waals surface area (Å²) in [5, 5.41) is 4.48. The van der Waals surface area contributed by atoms with Gasteiger partial charge in [0.15, 0.2) is 0 Å². The standard InChI is InChI=1S/C12H19N3OS/c1-9-13-11(17-15-9)14-10-4-7-16-12(8-10)5-2-3-6-12/h10H,2-8H2,1H3,(H,13,14,15)/t10-/m0/s1. The van der Waals surface area contributed by atoms with Crippen molar-refractivity contribution in [1.29, 1.82) is 0 Å². The molecular formula is C12H19N3OS. The number of anilines is 1. The summed E-state index contributed by atoms with van der Waals surface area (Å²) in [5.74, 6) is 0.861. The molecular weight excluding hydrogens is 234 g/mol. The molecule has 0 radical (unpaired) electrons. The molecule has 2 aliphatic rings. The lowest BCUT2D eigenvalue weighted by atomic mass is 9.89. The zero-order valence-corrected chi connectivity index (χ0v) is 11.1. The van der Waals surface area contributed by atoms with Crippen molar-refractivity contribution < 1.29 is 4.74 Å². The van der Waals surface area contributed by atoms with E-state index >= 15 is 0 Å². The van der Waals surface area contributed by atoms with Crippen molar-refractivity contribution in [1.82, 2.24) is 9.36 Å². The van der Waals surface area contributed by atoms with Gasteiger partial charge in [0.25, 0.3) is 0 Å². The van der Waals surface area contributed by atoms with Gasteiger partial charge in [-0.2, -0.15) is 4.37 Å². The van der Waals surface area contributed by atoms with Gasteiger partial charge in [-0.3, -0.25) is 0 Å². The molecule has 1 saturated heterocycles. The average Bonchev–Trinajstić information content (AvgIpc) is 2.89. The summed E-state index contributed by atoms with van der Waals surface area (Å²) in [6.45, 7) is 2.82. The fourth-order valence-corrected chi connectivity index (χ4v) is 3.70. The molecule has 0 unspecified atom stereocenters. The first-order valence-electron chi connectivity index (χ1n) is 6.47. The number of nitrogens with zero attached hydrogens (tertiary/aromatic N) is 2. The molecule has 2 heterocycles. The van der Waals surface area contributed by atoms with Crippen LogP contribution in [0.3, 0.4) is 0 Å². The van der Waals surface area contributed by atoms with Crippen LogP contribution in [-0.2, 0) is 4.74 Å². The Kier molecular flexibility index (Phi) is 3.04. The van der Waals surface area contributed by atoms with E-state index in [0.717, 1.165) is 30.4 Å². The third-order valence-electron chi connectivity index (χ3n) is 3.86. The van der Waals surface area contributed by atoms with E-state index < -0.39 is 0 Å². The molecule has 1 N–H and O–H groups in total. The van der Waals surface area contributed by atoms with E-state index in [-0.39, 0.29) is 5.60 Å². The zero-order chi connectivity index (χ0) is 11.7. The third kappa shape index (κ3) is 2.45. The van der Waals surface area contributed by atoms with Crippen LogP contribution in [0.5, 0.6) is 0 Å². The van der Waals surface area contributed by atoms with Crippen molar-refractivity contribution in [2.45, 2.75) is 57.1 Å². The number of hydrogen-bond donors (Lipinski definition) is 1. The van der Waals surface area contributed by atoms with E-state index in [1.807, 2.05) is 6.92 Å². The molecule has 1 aromatic rings. The fraction of sp³-hybridized carbons (Fsp3) is 0.833. The van der Waals surface area contributed by atoms with Gasteiger partial charge in [-0.1, -0.05) is 12.8 Å². The van der Waals surface area contributed by atoms with Crippen LogP contribution >= 0.6 is 11.5 Å². The van der Waals surface area contributed by atoms with Gasteiger partial charge in [-0.15, -0.1) is 0 Å². The van der Waals surface area contributed by atoms with Gasteiger partial charge in [0.1, 0.15) is 5.82 Å². The van der Waals surface area contributed by atoms with Gasteiger partial charge in [0.2, 0.25) is 5.13 Å². The first-order chi connectivity index (χ1) is 8.26. The molecule has 17 heavy (non-hydrogen) atoms. The van der Waals surface area contributed by atoms with Crippen LogP contribution in [0.2, 0.25) is 0 Å². The highest BCUT2D eigenvalue weighted by molar-refractivity contribution is 7.09. The molecule has 1 saturated carbocycles. The minimum Gasteiger partial charge on any atom is -0.375 e. The van der Waals surface area contributed by atoms with Gasteiger partial charge < -0.3 is 10.1 Å². The van der Waals surface area contributed by atoms with Crippen LogP contribution in [0, 0.1) is 6.92 Å². The van der Waals surface area contributed by atoms with Crippen LogP contribution in [0.4, 0.5) is 5.13 Å². The summed E-state index contributed by atoms with van der Waals surface area (Å²) in [6, 6.07) is 0.509. The molecule has 4 nitrogen and oxygen atoms in total. The quantitative estimate of drug-likeness (QED) is 0.880. The summed E-state index contributed by atoms with van der Waals surface area (Å²) in [5.41, 5.74) is 0.176. The summed E-state index contributed by atoms with van der Waals surface area (Å²) in [6.07, 6.45) is 7.34. The maximum absolute atomic E-state index is 6.03. The van der Waals surface area contributed by atoms with Gasteiger partial charge in [-0.05, 0) is 32.6 Å². The molecule has 1 aliphatic heterocycles. The maximum atomic E-state index is 6.03. The molecule has 3 rings (SSSR count). The van der Waals surface area contributed by atoms with E-state index in [1.165, 1.54) is 37.2 Å². The van der Waals surface area contributed by atoms with Crippen molar-refractivity contribution in [2.24, 2.45) is 0 Å². The first-order valence-corrected chi connectivity index (χ1v) is 7.24. The highest BCUT2D eigenvalue weighted by atomic mass is 32.1. The minimum atomic E-state index is 0.176. The Labute approximate surface area is 106 Å². The molecule has 1 spiro atoms. The molecule has 0 amide bonds. The normalized spacial score (nSPS) is 27.5. The maximum Gasteiger partial charge on any atom is 0.202 e. The highest BCUT2D eigenvalue weighted by Gasteiger charge is 2.39. The second kappa shape index (κ2) is 4.53. The van der Waals surface area contributed by atoms with Crippen LogP contribution in [0.1, 0.15) is 44.3 Å². The smallest absolute Gasteiger partial charge is 0.202 e. The SMILES string of the molecule is Cc1nsc(N[C@H]2CCOC3(CCCC3)C2)n1. The fourth-order valence-electron chi connectivity index (χ4n) is 3.05. The Morgan fingerprint density at radius 3 is 2.94 bits per heavy atom. The van der Waals surface area contributed by atoms with Crippen molar-refractivity contribution in [3.63, 3.8) is 0 Å². The number of aromatic nitrogens is 2. The van der Waals surface area contributed by atoms with Crippen molar-refractivity contribution in [2.75, 3.05) is 11.9 Å². The minimum absolute atomic E-state index is 0.176. The van der Waals surface area contributed by atoms with Gasteiger partial charge >= 0.3 is 0 Å². The number of ether oxygens (including phenoxy) is 1. The predicted molar refractivity (Wildman–Crippen MR) is 68.4 cm³/mol. The lowest BCUT2D eigenvalue weighted by Gasteiger charge is -2.38. The number of rotatable bonds is 2. The summed E-state index contributed by atoms with van der Waals surface area (Å²) in [7, 11) is 0. The van der Waals surface area contributed by atoms with Crippen LogP contribution < -0.4 is 5.32 Å². The summed E-state index contributed by atoms with van der Waals surface area (Å²) >= 11 is 1.46. The van der Waals surface area contributed by atoms with E-state index in [2.05, 4.69) is 14.7 Å². The van der Waals surface area contributed by atoms with E-state index in [0.29, 0.717) is 6.04 Å². The average molecular weight is 253 g/mol. The number of aryl methyl sites for hydroxylation is 1. The molecule has 2 fully saturated rings. The lowest BCUT2D eigenvalue weighted by molar-refractivity contribution is -0.0767. The Balaban J connectivity index is 1.64. The second-order valence-corrected chi connectivity index (χ2v) is 5.97. The second-order valence-electron chi connectivity index (χ2n) is 5.22. The summed E-state index contributed by atoms with van der Waals surface area (Å²) in [4.78, 5) is 4.38. The Morgan fingerprint density at radius 1 is 1.41 bits per heavy atom.